The smallest absolute Gasteiger partial charge is 0.236 e. The highest BCUT2D eigenvalue weighted by atomic mass is 35.5. The Balaban J connectivity index is 1.20. The minimum absolute atomic E-state index is 0.130. The normalized spacial score (nSPS) is 14.3. The number of carbonyl (C=O) groups is 1. The molecule has 1 aliphatic rings. The number of benzene rings is 1. The molecule has 1 fully saturated rings. The summed E-state index contributed by atoms with van der Waals surface area (Å²) in [6, 6.07) is 5.15. The molecule has 0 radical (unpaired) electrons. The maximum absolute atomic E-state index is 12.4. The monoisotopic (exact) mass is 540 g/mol. The van der Waals surface area contributed by atoms with Crippen molar-refractivity contribution >= 4 is 57.3 Å². The topological polar surface area (TPSA) is 94.8 Å². The molecule has 0 spiro atoms. The fraction of sp³-hybridized carbons (Fsp3) is 0.500. The van der Waals surface area contributed by atoms with Gasteiger partial charge in [0.05, 0.1) is 17.4 Å². The maximum atomic E-state index is 12.4. The molecular weight excluding hydrogens is 515 g/mol. The molecule has 0 aliphatic heterocycles. The second-order valence-electron chi connectivity index (χ2n) is 8.10. The Morgan fingerprint density at radius 1 is 1.21 bits per heavy atom. The standard InChI is InChI=1S/C22H26Cl2N6O2S2/c1-30-18(8-5-11-32-17-10-9-15(23)12-16(17)24)26-29-22(30)33-13-19(31)25-21-28-27-20(34-21)14-6-3-2-4-7-14/h9-10,12,14H,2-8,11,13H2,1H3,(H,25,28,31). The van der Waals surface area contributed by atoms with Crippen LogP contribution in [-0.4, -0.2) is 43.2 Å². The van der Waals surface area contributed by atoms with Crippen molar-refractivity contribution < 1.29 is 9.53 Å². The second-order valence-corrected chi connectivity index (χ2v) is 10.9. The third kappa shape index (κ3) is 6.84. The third-order valence-electron chi connectivity index (χ3n) is 5.60. The summed E-state index contributed by atoms with van der Waals surface area (Å²) in [6.07, 6.45) is 7.54. The highest BCUT2D eigenvalue weighted by molar-refractivity contribution is 7.99. The van der Waals surface area contributed by atoms with Crippen LogP contribution in [0.4, 0.5) is 5.13 Å². The number of ether oxygens (including phenoxy) is 1. The fourth-order valence-corrected chi connectivity index (χ4v) is 5.90. The quantitative estimate of drug-likeness (QED) is 0.257. The van der Waals surface area contributed by atoms with Gasteiger partial charge in [-0.2, -0.15) is 0 Å². The Kier molecular flexibility index (Phi) is 9.04. The van der Waals surface area contributed by atoms with Crippen LogP contribution in [0.2, 0.25) is 10.0 Å². The lowest BCUT2D eigenvalue weighted by atomic mass is 9.90. The number of hydrogen-bond donors (Lipinski definition) is 1. The minimum atomic E-state index is -0.130. The van der Waals surface area contributed by atoms with Gasteiger partial charge in [0.1, 0.15) is 16.6 Å². The summed E-state index contributed by atoms with van der Waals surface area (Å²) in [5, 5.41) is 23.1. The largest absolute Gasteiger partial charge is 0.492 e. The SMILES string of the molecule is Cn1c(CCCOc2ccc(Cl)cc2Cl)nnc1SCC(=O)Nc1nnc(C2CCCCC2)s1. The van der Waals surface area contributed by atoms with E-state index in [-0.39, 0.29) is 11.7 Å². The molecule has 1 aliphatic carbocycles. The number of nitrogens with one attached hydrogen (secondary N) is 1. The minimum Gasteiger partial charge on any atom is -0.492 e. The average Bonchev–Trinajstić information content (AvgIpc) is 3.44. The molecule has 3 aromatic rings. The van der Waals surface area contributed by atoms with E-state index in [9.17, 15) is 4.79 Å². The number of amides is 1. The highest BCUT2D eigenvalue weighted by Crippen LogP contribution is 2.35. The molecule has 1 aromatic carbocycles. The number of nitrogens with zero attached hydrogens (tertiary/aromatic N) is 5. The number of halogens is 2. The van der Waals surface area contributed by atoms with E-state index in [1.54, 1.807) is 18.2 Å². The summed E-state index contributed by atoms with van der Waals surface area (Å²) in [7, 11) is 1.90. The third-order valence-corrected chi connectivity index (χ3v) is 8.15. The Bertz CT molecular complexity index is 1120. The van der Waals surface area contributed by atoms with Crippen LogP contribution in [0, 0.1) is 0 Å². The van der Waals surface area contributed by atoms with Crippen molar-refractivity contribution in [3.05, 3.63) is 39.1 Å². The molecule has 12 heteroatoms. The van der Waals surface area contributed by atoms with Crippen molar-refractivity contribution in [2.45, 2.75) is 56.0 Å². The number of aromatic nitrogens is 5. The number of rotatable bonds is 10. The average molecular weight is 542 g/mol. The van der Waals surface area contributed by atoms with Crippen molar-refractivity contribution in [3.8, 4) is 5.75 Å². The van der Waals surface area contributed by atoms with E-state index in [0.29, 0.717) is 45.0 Å². The zero-order valence-corrected chi connectivity index (χ0v) is 21.9. The van der Waals surface area contributed by atoms with E-state index >= 15 is 0 Å². The Morgan fingerprint density at radius 2 is 2.03 bits per heavy atom. The molecule has 0 bridgehead atoms. The van der Waals surface area contributed by atoms with Crippen molar-refractivity contribution in [2.24, 2.45) is 7.05 Å². The van der Waals surface area contributed by atoms with Crippen molar-refractivity contribution in [2.75, 3.05) is 17.7 Å². The van der Waals surface area contributed by atoms with Crippen LogP contribution in [-0.2, 0) is 18.3 Å². The van der Waals surface area contributed by atoms with Gasteiger partial charge in [-0.25, -0.2) is 0 Å². The van der Waals surface area contributed by atoms with Crippen LogP contribution in [0.5, 0.6) is 5.75 Å². The summed E-state index contributed by atoms with van der Waals surface area (Å²) < 4.78 is 7.62. The van der Waals surface area contributed by atoms with Crippen LogP contribution >= 0.6 is 46.3 Å². The fourth-order valence-electron chi connectivity index (χ4n) is 3.78. The molecule has 1 saturated carbocycles. The zero-order valence-electron chi connectivity index (χ0n) is 18.8. The Hall–Kier alpha value is -1.88. The second kappa shape index (κ2) is 12.2. The Morgan fingerprint density at radius 3 is 2.82 bits per heavy atom. The first-order valence-corrected chi connectivity index (χ1v) is 13.8. The summed E-state index contributed by atoms with van der Waals surface area (Å²) in [6.45, 7) is 0.490. The first kappa shape index (κ1) is 25.2. The van der Waals surface area contributed by atoms with E-state index in [1.807, 2.05) is 11.6 Å². The lowest BCUT2D eigenvalue weighted by molar-refractivity contribution is -0.113. The van der Waals surface area contributed by atoms with Crippen molar-refractivity contribution in [3.63, 3.8) is 0 Å². The van der Waals surface area contributed by atoms with Crippen LogP contribution in [0.25, 0.3) is 0 Å². The van der Waals surface area contributed by atoms with Gasteiger partial charge in [-0.05, 0) is 37.5 Å². The lowest BCUT2D eigenvalue weighted by Crippen LogP contribution is -2.14. The molecule has 182 valence electrons. The predicted molar refractivity (Wildman–Crippen MR) is 136 cm³/mol. The molecule has 0 saturated heterocycles. The van der Waals surface area contributed by atoms with Crippen LogP contribution in [0.15, 0.2) is 23.4 Å². The van der Waals surface area contributed by atoms with Gasteiger partial charge in [0.25, 0.3) is 0 Å². The summed E-state index contributed by atoms with van der Waals surface area (Å²) >= 11 is 14.9. The maximum Gasteiger partial charge on any atom is 0.236 e. The number of hydrogen-bond acceptors (Lipinski definition) is 8. The molecule has 1 N–H and O–H groups in total. The summed E-state index contributed by atoms with van der Waals surface area (Å²) in [5.74, 6) is 2.01. The molecule has 2 heterocycles. The molecule has 0 atom stereocenters. The molecule has 2 aromatic heterocycles. The van der Waals surface area contributed by atoms with Gasteiger partial charge in [-0.15, -0.1) is 20.4 Å². The predicted octanol–water partition coefficient (Wildman–Crippen LogP) is 5.76. The molecule has 1 amide bonds. The van der Waals surface area contributed by atoms with Gasteiger partial charge < -0.3 is 9.30 Å². The van der Waals surface area contributed by atoms with Crippen LogP contribution < -0.4 is 10.1 Å². The molecular formula is C22H26Cl2N6O2S2. The van der Waals surface area contributed by atoms with E-state index < -0.39 is 0 Å². The first-order valence-electron chi connectivity index (χ1n) is 11.2. The zero-order chi connectivity index (χ0) is 23.9. The van der Waals surface area contributed by atoms with Gasteiger partial charge in [0.2, 0.25) is 11.0 Å². The molecule has 4 rings (SSSR count). The van der Waals surface area contributed by atoms with Crippen molar-refractivity contribution in [1.29, 1.82) is 0 Å². The van der Waals surface area contributed by atoms with E-state index in [1.165, 1.54) is 42.4 Å². The van der Waals surface area contributed by atoms with Gasteiger partial charge >= 0.3 is 0 Å². The molecule has 0 unspecified atom stereocenters. The van der Waals surface area contributed by atoms with Crippen LogP contribution in [0.3, 0.4) is 0 Å². The number of carbonyl (C=O) groups excluding carboxylic acids is 1. The number of thioether (sulfide) groups is 1. The lowest BCUT2D eigenvalue weighted by Gasteiger charge is -2.18. The molecule has 34 heavy (non-hydrogen) atoms. The van der Waals surface area contributed by atoms with E-state index in [4.69, 9.17) is 27.9 Å². The highest BCUT2D eigenvalue weighted by Gasteiger charge is 2.20. The first-order chi connectivity index (χ1) is 16.5. The van der Waals surface area contributed by atoms with Gasteiger partial charge in [0, 0.05) is 24.4 Å². The molecule has 8 nitrogen and oxygen atoms in total. The Labute approximate surface area is 216 Å². The van der Waals surface area contributed by atoms with Gasteiger partial charge in [-0.3, -0.25) is 10.1 Å². The summed E-state index contributed by atoms with van der Waals surface area (Å²) in [4.78, 5) is 12.4. The van der Waals surface area contributed by atoms with Crippen LogP contribution in [0.1, 0.15) is 55.3 Å². The van der Waals surface area contributed by atoms with Gasteiger partial charge in [0.15, 0.2) is 5.16 Å². The summed E-state index contributed by atoms with van der Waals surface area (Å²) in [5.41, 5.74) is 0. The van der Waals surface area contributed by atoms with E-state index in [0.717, 1.165) is 30.1 Å². The van der Waals surface area contributed by atoms with Gasteiger partial charge in [-0.1, -0.05) is 65.6 Å². The number of anilines is 1. The number of aryl methyl sites for hydroxylation is 1. The van der Waals surface area contributed by atoms with Crippen molar-refractivity contribution in [1.82, 2.24) is 25.0 Å². The van der Waals surface area contributed by atoms with E-state index in [2.05, 4.69) is 25.7 Å².